The minimum absolute atomic E-state index is 0.00986. The zero-order chi connectivity index (χ0) is 16.5. The van der Waals surface area contributed by atoms with Crippen LogP contribution in [-0.4, -0.2) is 30.7 Å². The summed E-state index contributed by atoms with van der Waals surface area (Å²) in [6.45, 7) is 2.81. The average Bonchev–Trinajstić information content (AvgIpc) is 2.57. The van der Waals surface area contributed by atoms with Crippen molar-refractivity contribution in [3.8, 4) is 0 Å². The third-order valence-electron chi connectivity index (χ3n) is 5.44. The van der Waals surface area contributed by atoms with Gasteiger partial charge in [-0.1, -0.05) is 6.92 Å². The molecule has 0 spiro atoms. The van der Waals surface area contributed by atoms with Crippen molar-refractivity contribution in [2.75, 3.05) is 6.54 Å². The van der Waals surface area contributed by atoms with Crippen LogP contribution in [0.3, 0.4) is 0 Å². The number of hydrogen-bond donors (Lipinski definition) is 2. The maximum absolute atomic E-state index is 11.7. The number of isocyanates is 1. The molecule has 2 saturated carbocycles. The first-order valence-corrected chi connectivity index (χ1v) is 9.32. The van der Waals surface area contributed by atoms with Crippen LogP contribution in [0.1, 0.15) is 71.1 Å². The summed E-state index contributed by atoms with van der Waals surface area (Å²) in [5.74, 6) is 1.61. The van der Waals surface area contributed by atoms with E-state index in [9.17, 15) is 9.59 Å². The summed E-state index contributed by atoms with van der Waals surface area (Å²) in [6, 6.07) is 0.565. The number of carbonyl (C=O) groups excluding carboxylic acids is 2. The lowest BCUT2D eigenvalue weighted by molar-refractivity contribution is 0.207. The molecule has 23 heavy (non-hydrogen) atoms. The highest BCUT2D eigenvalue weighted by atomic mass is 16.2. The summed E-state index contributed by atoms with van der Waals surface area (Å²) in [5.41, 5.74) is 0. The fourth-order valence-corrected chi connectivity index (χ4v) is 4.07. The molecule has 0 bridgehead atoms. The molecule has 0 aromatic rings. The Morgan fingerprint density at radius 2 is 1.65 bits per heavy atom. The summed E-state index contributed by atoms with van der Waals surface area (Å²) in [7, 11) is 0. The predicted molar refractivity (Wildman–Crippen MR) is 91.1 cm³/mol. The first-order chi connectivity index (χ1) is 11.2. The number of hydrogen-bond acceptors (Lipinski definition) is 3. The minimum Gasteiger partial charge on any atom is -0.338 e. The molecule has 5 nitrogen and oxygen atoms in total. The van der Waals surface area contributed by atoms with Gasteiger partial charge < -0.3 is 10.6 Å². The molecule has 2 N–H and O–H groups in total. The van der Waals surface area contributed by atoms with E-state index in [1.165, 1.54) is 32.1 Å². The van der Waals surface area contributed by atoms with E-state index < -0.39 is 0 Å². The zero-order valence-corrected chi connectivity index (χ0v) is 14.4. The topological polar surface area (TPSA) is 70.6 Å². The van der Waals surface area contributed by atoms with Crippen molar-refractivity contribution in [1.82, 2.24) is 10.6 Å². The molecule has 0 radical (unpaired) electrons. The molecule has 2 rings (SSSR count). The van der Waals surface area contributed by atoms with E-state index in [-0.39, 0.29) is 12.1 Å². The molecule has 130 valence electrons. The molecule has 2 aliphatic carbocycles. The molecule has 0 atom stereocenters. The summed E-state index contributed by atoms with van der Waals surface area (Å²) >= 11 is 0. The molecule has 0 saturated heterocycles. The van der Waals surface area contributed by atoms with Gasteiger partial charge in [0.25, 0.3) is 0 Å². The molecule has 5 heteroatoms. The SMILES string of the molecule is CCCNC(=O)NC1CCC(CC2CCC(N=C=O)CC2)CC1. The van der Waals surface area contributed by atoms with E-state index in [1.54, 1.807) is 6.08 Å². The molecule has 0 aliphatic heterocycles. The monoisotopic (exact) mass is 321 g/mol. The van der Waals surface area contributed by atoms with Gasteiger partial charge in [0.15, 0.2) is 0 Å². The Morgan fingerprint density at radius 3 is 2.22 bits per heavy atom. The maximum atomic E-state index is 11.7. The van der Waals surface area contributed by atoms with Crippen LogP contribution in [0, 0.1) is 11.8 Å². The number of nitrogens with one attached hydrogen (secondary N) is 2. The van der Waals surface area contributed by atoms with Gasteiger partial charge in [0, 0.05) is 12.6 Å². The number of rotatable bonds is 6. The zero-order valence-electron chi connectivity index (χ0n) is 14.4. The van der Waals surface area contributed by atoms with Crippen LogP contribution in [0.4, 0.5) is 4.79 Å². The van der Waals surface area contributed by atoms with Crippen LogP contribution >= 0.6 is 0 Å². The van der Waals surface area contributed by atoms with Crippen molar-refractivity contribution in [2.45, 2.75) is 83.2 Å². The van der Waals surface area contributed by atoms with Crippen molar-refractivity contribution < 1.29 is 9.59 Å². The molecule has 2 fully saturated rings. The lowest BCUT2D eigenvalue weighted by atomic mass is 9.76. The minimum atomic E-state index is -0.00986. The molecule has 0 unspecified atom stereocenters. The lowest BCUT2D eigenvalue weighted by Crippen LogP contribution is -2.43. The van der Waals surface area contributed by atoms with E-state index in [4.69, 9.17) is 0 Å². The number of nitrogens with zero attached hydrogens (tertiary/aromatic N) is 1. The smallest absolute Gasteiger partial charge is 0.315 e. The van der Waals surface area contributed by atoms with Crippen LogP contribution in [0.15, 0.2) is 4.99 Å². The Morgan fingerprint density at radius 1 is 1.04 bits per heavy atom. The molecule has 0 aromatic carbocycles. The number of urea groups is 1. The van der Waals surface area contributed by atoms with Crippen molar-refractivity contribution in [3.63, 3.8) is 0 Å². The quantitative estimate of drug-likeness (QED) is 0.580. The van der Waals surface area contributed by atoms with Gasteiger partial charge in [0.2, 0.25) is 6.08 Å². The molecule has 0 heterocycles. The van der Waals surface area contributed by atoms with E-state index in [0.29, 0.717) is 6.04 Å². The highest BCUT2D eigenvalue weighted by molar-refractivity contribution is 5.74. The predicted octanol–water partition coefficient (Wildman–Crippen LogP) is 3.54. The van der Waals surface area contributed by atoms with Gasteiger partial charge in [-0.2, -0.15) is 0 Å². The van der Waals surface area contributed by atoms with Crippen LogP contribution in [0.5, 0.6) is 0 Å². The van der Waals surface area contributed by atoms with Crippen LogP contribution in [0.2, 0.25) is 0 Å². The Bertz CT molecular complexity index is 404. The summed E-state index contributed by atoms with van der Waals surface area (Å²) in [4.78, 5) is 25.9. The Labute approximate surface area is 139 Å². The Hall–Kier alpha value is -1.35. The van der Waals surface area contributed by atoms with Gasteiger partial charge in [0.05, 0.1) is 6.04 Å². The van der Waals surface area contributed by atoms with Crippen molar-refractivity contribution in [1.29, 1.82) is 0 Å². The standard InChI is InChI=1S/C18H31N3O2/c1-2-11-19-18(23)21-17-9-5-15(6-10-17)12-14-3-7-16(8-4-14)20-13-22/h14-17H,2-12H2,1H3,(H2,19,21,23). The van der Waals surface area contributed by atoms with Crippen LogP contribution < -0.4 is 10.6 Å². The van der Waals surface area contributed by atoms with Crippen LogP contribution in [0.25, 0.3) is 0 Å². The van der Waals surface area contributed by atoms with E-state index in [1.807, 2.05) is 0 Å². The van der Waals surface area contributed by atoms with Gasteiger partial charge in [-0.15, -0.1) is 0 Å². The van der Waals surface area contributed by atoms with E-state index >= 15 is 0 Å². The maximum Gasteiger partial charge on any atom is 0.315 e. The second-order valence-electron chi connectivity index (χ2n) is 7.25. The van der Waals surface area contributed by atoms with Gasteiger partial charge >= 0.3 is 6.03 Å². The third kappa shape index (κ3) is 6.34. The fourth-order valence-electron chi connectivity index (χ4n) is 4.07. The summed E-state index contributed by atoms with van der Waals surface area (Å²) < 4.78 is 0. The van der Waals surface area contributed by atoms with Gasteiger partial charge in [-0.3, -0.25) is 0 Å². The average molecular weight is 321 g/mol. The highest BCUT2D eigenvalue weighted by Gasteiger charge is 2.27. The van der Waals surface area contributed by atoms with Gasteiger partial charge in [-0.25, -0.2) is 14.6 Å². The third-order valence-corrected chi connectivity index (χ3v) is 5.44. The van der Waals surface area contributed by atoms with Gasteiger partial charge in [-0.05, 0) is 76.0 Å². The molecule has 2 aliphatic rings. The number of amides is 2. The lowest BCUT2D eigenvalue weighted by Gasteiger charge is -2.33. The van der Waals surface area contributed by atoms with Crippen molar-refractivity contribution >= 4 is 12.1 Å². The fraction of sp³-hybridized carbons (Fsp3) is 0.889. The summed E-state index contributed by atoms with van der Waals surface area (Å²) in [5, 5.41) is 5.98. The summed E-state index contributed by atoms with van der Waals surface area (Å²) in [6.07, 6.45) is 13.2. The van der Waals surface area contributed by atoms with Gasteiger partial charge in [0.1, 0.15) is 0 Å². The molecule has 2 amide bonds. The van der Waals surface area contributed by atoms with Crippen LogP contribution in [-0.2, 0) is 4.79 Å². The second-order valence-corrected chi connectivity index (χ2v) is 7.25. The second kappa shape index (κ2) is 9.71. The van der Waals surface area contributed by atoms with E-state index in [0.717, 1.165) is 50.5 Å². The van der Waals surface area contributed by atoms with E-state index in [2.05, 4.69) is 22.5 Å². The first kappa shape index (κ1) is 18.0. The van der Waals surface area contributed by atoms with Crippen molar-refractivity contribution in [2.24, 2.45) is 16.8 Å². The Balaban J connectivity index is 1.61. The Kier molecular flexibility index (Phi) is 7.60. The highest BCUT2D eigenvalue weighted by Crippen LogP contribution is 2.35. The van der Waals surface area contributed by atoms with Crippen molar-refractivity contribution in [3.05, 3.63) is 0 Å². The first-order valence-electron chi connectivity index (χ1n) is 9.32. The normalized spacial score (nSPS) is 31.0. The number of carbonyl (C=O) groups is 1. The largest absolute Gasteiger partial charge is 0.338 e. The molecular weight excluding hydrogens is 290 g/mol. The number of aliphatic imine (C=N–C) groups is 1. The molecular formula is C18H31N3O2. The molecule has 0 aromatic heterocycles.